The minimum Gasteiger partial charge on any atom is -0.458 e. The third-order valence-corrected chi connectivity index (χ3v) is 3.30. The summed E-state index contributed by atoms with van der Waals surface area (Å²) < 4.78 is 19.9. The van der Waals surface area contributed by atoms with E-state index in [4.69, 9.17) is 18.9 Å². The van der Waals surface area contributed by atoms with Crippen molar-refractivity contribution >= 4 is 23.9 Å². The number of carbonyl (C=O) groups excluding carboxylic acids is 4. The van der Waals surface area contributed by atoms with Crippen molar-refractivity contribution in [3.05, 3.63) is 84.7 Å². The van der Waals surface area contributed by atoms with Crippen molar-refractivity contribution in [1.82, 2.24) is 0 Å². The van der Waals surface area contributed by atoms with Crippen LogP contribution in [0.5, 0.6) is 0 Å². The minimum absolute atomic E-state index is 0.0515. The van der Waals surface area contributed by atoms with Crippen LogP contribution in [0.15, 0.2) is 62.4 Å². The topological polar surface area (TPSA) is 105 Å². The maximum Gasteiger partial charge on any atom is 0.344 e. The summed E-state index contributed by atoms with van der Waals surface area (Å²) in [6, 6.07) is 2.02. The van der Waals surface area contributed by atoms with Gasteiger partial charge in [-0.3, -0.25) is 0 Å². The molecule has 0 aliphatic rings. The van der Waals surface area contributed by atoms with Crippen LogP contribution in [0.1, 0.15) is 48.4 Å². The van der Waals surface area contributed by atoms with Gasteiger partial charge in [-0.2, -0.15) is 0 Å². The van der Waals surface area contributed by atoms with Crippen molar-refractivity contribution in [2.75, 3.05) is 19.8 Å². The highest BCUT2D eigenvalue weighted by atomic mass is 16.5. The number of hydrogen-bond donors (Lipinski definition) is 0. The number of esters is 4. The number of carbonyl (C=O) groups is 4. The first-order valence-electron chi connectivity index (χ1n) is 8.66. The molecule has 0 saturated carbocycles. The smallest absolute Gasteiger partial charge is 0.344 e. The Labute approximate surface area is 174 Å². The van der Waals surface area contributed by atoms with Gasteiger partial charge in [-0.15, -0.1) is 0 Å². The van der Waals surface area contributed by atoms with Gasteiger partial charge in [0, 0.05) is 0 Å². The molecule has 0 saturated heterocycles. The molecule has 0 atom stereocenters. The molecule has 0 heterocycles. The van der Waals surface area contributed by atoms with Gasteiger partial charge in [-0.25, -0.2) is 19.2 Å². The molecule has 1 rings (SSSR count). The van der Waals surface area contributed by atoms with Crippen molar-refractivity contribution < 1.29 is 38.1 Å². The summed E-state index contributed by atoms with van der Waals surface area (Å²) in [5.74, 6) is -3.73. The average molecular weight is 414 g/mol. The normalized spacial score (nSPS) is 9.63. The Balaban J connectivity index is 3.66. The van der Waals surface area contributed by atoms with Crippen LogP contribution in [0.2, 0.25) is 0 Å². The lowest BCUT2D eigenvalue weighted by molar-refractivity contribution is 0.0496. The van der Waals surface area contributed by atoms with Crippen LogP contribution in [-0.4, -0.2) is 43.7 Å². The molecule has 8 nitrogen and oxygen atoms in total. The maximum absolute atomic E-state index is 12.5. The molecular weight excluding hydrogens is 392 g/mol. The summed E-state index contributed by atoms with van der Waals surface area (Å²) in [5, 5.41) is 0. The third-order valence-electron chi connectivity index (χ3n) is 3.30. The summed E-state index contributed by atoms with van der Waals surface area (Å²) in [5.41, 5.74) is -1.24. The standard InChI is InChI=1S/C22H22O8/c1-6-9-27-19(23)15-12-17(21(25)29-11-8-3)18(22(26)30-14(4)5)13-16(15)20(24)28-10-7-2/h6-8,12-13H,1-4,9-11H2,5H3. The van der Waals surface area contributed by atoms with Crippen molar-refractivity contribution in [3.63, 3.8) is 0 Å². The first-order chi connectivity index (χ1) is 14.3. The zero-order valence-electron chi connectivity index (χ0n) is 16.6. The minimum atomic E-state index is -0.975. The van der Waals surface area contributed by atoms with E-state index in [0.717, 1.165) is 12.1 Å². The molecule has 1 aromatic carbocycles. The first kappa shape index (κ1) is 24.1. The quantitative estimate of drug-likeness (QED) is 0.235. The Morgan fingerprint density at radius 2 is 1.00 bits per heavy atom. The van der Waals surface area contributed by atoms with Gasteiger partial charge < -0.3 is 18.9 Å². The van der Waals surface area contributed by atoms with Crippen LogP contribution in [0, 0.1) is 0 Å². The molecule has 1 aromatic rings. The van der Waals surface area contributed by atoms with Gasteiger partial charge >= 0.3 is 23.9 Å². The Morgan fingerprint density at radius 3 is 1.27 bits per heavy atom. The number of allylic oxidation sites excluding steroid dienone is 1. The molecule has 158 valence electrons. The van der Waals surface area contributed by atoms with Crippen LogP contribution in [0.3, 0.4) is 0 Å². The summed E-state index contributed by atoms with van der Waals surface area (Å²) in [6.45, 7) is 14.8. The average Bonchev–Trinajstić information content (AvgIpc) is 2.72. The number of rotatable bonds is 11. The van der Waals surface area contributed by atoms with Gasteiger partial charge in [-0.05, 0) is 19.1 Å². The summed E-state index contributed by atoms with van der Waals surface area (Å²) >= 11 is 0. The Morgan fingerprint density at radius 1 is 0.700 bits per heavy atom. The lowest BCUT2D eigenvalue weighted by Gasteiger charge is -2.14. The third kappa shape index (κ3) is 6.59. The van der Waals surface area contributed by atoms with Gasteiger partial charge in [0.25, 0.3) is 0 Å². The molecule has 8 heteroatoms. The van der Waals surface area contributed by atoms with Crippen molar-refractivity contribution in [2.45, 2.75) is 6.92 Å². The molecule has 0 spiro atoms. The summed E-state index contributed by atoms with van der Waals surface area (Å²) in [4.78, 5) is 49.9. The zero-order valence-corrected chi connectivity index (χ0v) is 16.6. The molecule has 0 radical (unpaired) electrons. The van der Waals surface area contributed by atoms with E-state index in [9.17, 15) is 19.2 Å². The van der Waals surface area contributed by atoms with Gasteiger partial charge in [0.05, 0.1) is 28.0 Å². The van der Waals surface area contributed by atoms with E-state index in [1.54, 1.807) is 0 Å². The molecule has 0 aliphatic carbocycles. The van der Waals surface area contributed by atoms with Crippen molar-refractivity contribution in [1.29, 1.82) is 0 Å². The van der Waals surface area contributed by atoms with Crippen molar-refractivity contribution in [2.24, 2.45) is 0 Å². The van der Waals surface area contributed by atoms with Crippen molar-refractivity contribution in [3.8, 4) is 0 Å². The van der Waals surface area contributed by atoms with Crippen LogP contribution in [0.25, 0.3) is 0 Å². The number of benzene rings is 1. The predicted octanol–water partition coefficient (Wildman–Crippen LogP) is 3.41. The van der Waals surface area contributed by atoms with E-state index in [1.165, 1.54) is 25.2 Å². The van der Waals surface area contributed by atoms with Gasteiger partial charge in [-0.1, -0.05) is 44.5 Å². The van der Waals surface area contributed by atoms with Gasteiger partial charge in [0.1, 0.15) is 19.8 Å². The van der Waals surface area contributed by atoms with Crippen LogP contribution < -0.4 is 0 Å². The second kappa shape index (κ2) is 11.8. The maximum atomic E-state index is 12.5. The highest BCUT2D eigenvalue weighted by Crippen LogP contribution is 2.22. The van der Waals surface area contributed by atoms with Crippen LogP contribution in [-0.2, 0) is 18.9 Å². The van der Waals surface area contributed by atoms with Gasteiger partial charge in [0.15, 0.2) is 0 Å². The second-order valence-electron chi connectivity index (χ2n) is 5.70. The molecule has 0 amide bonds. The molecule has 0 N–H and O–H groups in total. The highest BCUT2D eigenvalue weighted by molar-refractivity contribution is 6.10. The first-order valence-corrected chi connectivity index (χ1v) is 8.66. The largest absolute Gasteiger partial charge is 0.458 e. The number of ether oxygens (including phenoxy) is 4. The highest BCUT2D eigenvalue weighted by Gasteiger charge is 2.28. The molecule has 0 aromatic heterocycles. The fourth-order valence-electron chi connectivity index (χ4n) is 2.13. The van der Waals surface area contributed by atoms with E-state index in [0.29, 0.717) is 0 Å². The monoisotopic (exact) mass is 414 g/mol. The second-order valence-corrected chi connectivity index (χ2v) is 5.70. The fraction of sp³-hybridized carbons (Fsp3) is 0.182. The van der Waals surface area contributed by atoms with Crippen LogP contribution >= 0.6 is 0 Å². The molecule has 0 unspecified atom stereocenters. The van der Waals surface area contributed by atoms with E-state index in [-0.39, 0.29) is 47.8 Å². The Kier molecular flexibility index (Phi) is 9.48. The Hall–Kier alpha value is -3.94. The van der Waals surface area contributed by atoms with E-state index in [1.807, 2.05) is 0 Å². The predicted molar refractivity (Wildman–Crippen MR) is 108 cm³/mol. The van der Waals surface area contributed by atoms with E-state index in [2.05, 4.69) is 26.3 Å². The summed E-state index contributed by atoms with van der Waals surface area (Å²) in [6.07, 6.45) is 3.97. The molecular formula is C22H22O8. The van der Waals surface area contributed by atoms with E-state index < -0.39 is 23.9 Å². The SMILES string of the molecule is C=CCOC(=O)c1cc(C(=O)OCC=C)c(C(=O)OC(=C)C)cc1C(=O)OCC=C. The summed E-state index contributed by atoms with van der Waals surface area (Å²) in [7, 11) is 0. The lowest BCUT2D eigenvalue weighted by atomic mass is 9.98. The molecule has 0 fully saturated rings. The van der Waals surface area contributed by atoms with Crippen LogP contribution in [0.4, 0.5) is 0 Å². The molecule has 0 aliphatic heterocycles. The molecule has 30 heavy (non-hydrogen) atoms. The number of hydrogen-bond acceptors (Lipinski definition) is 8. The van der Waals surface area contributed by atoms with Gasteiger partial charge in [0.2, 0.25) is 0 Å². The lowest BCUT2D eigenvalue weighted by Crippen LogP contribution is -2.20. The zero-order chi connectivity index (χ0) is 22.7. The fourth-order valence-corrected chi connectivity index (χ4v) is 2.13. The van der Waals surface area contributed by atoms with E-state index >= 15 is 0 Å². The Bertz CT molecular complexity index is 895. The molecule has 0 bridgehead atoms.